The highest BCUT2D eigenvalue weighted by Crippen LogP contribution is 2.24. The number of hydrogen-bond donors (Lipinski definition) is 3. The third kappa shape index (κ3) is 6.38. The monoisotopic (exact) mass is 534 g/mol. The van der Waals surface area contributed by atoms with Crippen molar-refractivity contribution in [3.05, 3.63) is 76.7 Å². The Morgan fingerprint density at radius 3 is 2.53 bits per heavy atom. The van der Waals surface area contributed by atoms with Crippen LogP contribution in [0.15, 0.2) is 65.6 Å². The topological polar surface area (TPSA) is 134 Å². The number of carbonyl (C=O) groups excluding carboxylic acids is 1. The first kappa shape index (κ1) is 27.3. The number of likely N-dealkylation sites (tertiary alicyclic amines) is 1. The van der Waals surface area contributed by atoms with Crippen LogP contribution in [-0.2, 0) is 14.6 Å². The van der Waals surface area contributed by atoms with Crippen LogP contribution in [0.1, 0.15) is 44.7 Å². The smallest absolute Gasteiger partial charge is 0.239 e. The molecule has 9 nitrogen and oxygen atoms in total. The maximum atomic E-state index is 13.0. The first-order valence-electron chi connectivity index (χ1n) is 12.6. The van der Waals surface area contributed by atoms with Crippen LogP contribution in [0.4, 0.5) is 5.95 Å². The van der Waals surface area contributed by atoms with Gasteiger partial charge in [-0.3, -0.25) is 4.79 Å². The minimum atomic E-state index is -3.47. The van der Waals surface area contributed by atoms with Gasteiger partial charge in [-0.05, 0) is 63.5 Å². The number of aromatic nitrogens is 3. The molecular formula is C28H34N6O3S. The second-order valence-corrected chi connectivity index (χ2v) is 12.0. The van der Waals surface area contributed by atoms with E-state index in [0.717, 1.165) is 22.0 Å². The minimum absolute atomic E-state index is 0.140. The number of carbonyl (C=O) groups is 1. The van der Waals surface area contributed by atoms with Crippen molar-refractivity contribution in [2.45, 2.75) is 44.9 Å². The second-order valence-electron chi connectivity index (χ2n) is 9.57. The maximum Gasteiger partial charge on any atom is 0.239 e. The fourth-order valence-electron chi connectivity index (χ4n) is 4.42. The number of hydrogen-bond acceptors (Lipinski definition) is 7. The summed E-state index contributed by atoms with van der Waals surface area (Å²) in [6.45, 7) is 5.87. The van der Waals surface area contributed by atoms with E-state index < -0.39 is 21.1 Å². The van der Waals surface area contributed by atoms with Gasteiger partial charge in [0.15, 0.2) is 9.84 Å². The number of piperidine rings is 1. The number of aromatic amines is 1. The molecule has 1 aliphatic rings. The summed E-state index contributed by atoms with van der Waals surface area (Å²) in [5.74, 6) is 0.280. The van der Waals surface area contributed by atoms with Gasteiger partial charge in [0, 0.05) is 58.7 Å². The van der Waals surface area contributed by atoms with Crippen LogP contribution in [0.5, 0.6) is 0 Å². The molecule has 10 heteroatoms. The quantitative estimate of drug-likeness (QED) is 0.370. The van der Waals surface area contributed by atoms with Gasteiger partial charge in [0.2, 0.25) is 11.9 Å². The predicted octanol–water partition coefficient (Wildman–Crippen LogP) is 4.10. The standard InChI is InChI=1S/C28H34N6O3S/c1-19(7-8-20(2)38(36,37)24-12-15-34(16-13-24)27(35)21(3)29)33-28-31-17-22(18-32-28)9-10-23-5-4-6-26-25(23)11-14-30-26/h4-11,14,17-18,21,24,30H,12-13,15-16,29H2,1-3H3,(H,31,32,33)/b10-9+,19-7+,20-8+/t21-/m0/s1. The van der Waals surface area contributed by atoms with Gasteiger partial charge in [-0.15, -0.1) is 0 Å². The molecule has 1 aliphatic heterocycles. The number of sulfone groups is 1. The van der Waals surface area contributed by atoms with Crippen LogP contribution in [0.25, 0.3) is 23.1 Å². The highest BCUT2D eigenvalue weighted by Gasteiger charge is 2.33. The van der Waals surface area contributed by atoms with Gasteiger partial charge >= 0.3 is 0 Å². The summed E-state index contributed by atoms with van der Waals surface area (Å²) < 4.78 is 26.1. The number of nitrogens with zero attached hydrogens (tertiary/aromatic N) is 3. The summed E-state index contributed by atoms with van der Waals surface area (Å²) in [6.07, 6.45) is 13.5. The van der Waals surface area contributed by atoms with Gasteiger partial charge in [-0.25, -0.2) is 18.4 Å². The van der Waals surface area contributed by atoms with Crippen molar-refractivity contribution in [3.8, 4) is 0 Å². The van der Waals surface area contributed by atoms with Crippen LogP contribution in [0.3, 0.4) is 0 Å². The molecule has 1 aromatic carbocycles. The summed E-state index contributed by atoms with van der Waals surface area (Å²) >= 11 is 0. The lowest BCUT2D eigenvalue weighted by molar-refractivity contribution is -0.133. The normalized spacial score (nSPS) is 16.8. The molecule has 38 heavy (non-hydrogen) atoms. The molecule has 4 N–H and O–H groups in total. The van der Waals surface area contributed by atoms with Crippen LogP contribution in [0, 0.1) is 0 Å². The van der Waals surface area contributed by atoms with Gasteiger partial charge in [0.05, 0.1) is 11.3 Å². The summed E-state index contributed by atoms with van der Waals surface area (Å²) in [5.41, 5.74) is 9.43. The molecule has 2 aromatic heterocycles. The number of nitrogens with two attached hydrogens (primary N) is 1. The van der Waals surface area contributed by atoms with Crippen molar-refractivity contribution in [1.29, 1.82) is 0 Å². The Morgan fingerprint density at radius 1 is 1.13 bits per heavy atom. The molecule has 3 heterocycles. The van der Waals surface area contributed by atoms with Crippen LogP contribution in [0.2, 0.25) is 0 Å². The predicted molar refractivity (Wildman–Crippen MR) is 153 cm³/mol. The van der Waals surface area contributed by atoms with Crippen LogP contribution >= 0.6 is 0 Å². The van der Waals surface area contributed by atoms with E-state index in [0.29, 0.717) is 37.6 Å². The number of fused-ring (bicyclic) bond motifs is 1. The second kappa shape index (κ2) is 11.7. The first-order chi connectivity index (χ1) is 18.1. The molecule has 1 atom stereocenters. The van der Waals surface area contributed by atoms with E-state index in [9.17, 15) is 13.2 Å². The molecule has 0 aliphatic carbocycles. The zero-order valence-corrected chi connectivity index (χ0v) is 22.7. The molecule has 1 fully saturated rings. The summed E-state index contributed by atoms with van der Waals surface area (Å²) in [6, 6.07) is 7.57. The lowest BCUT2D eigenvalue weighted by Crippen LogP contribution is -2.48. The molecule has 1 saturated heterocycles. The van der Waals surface area contributed by atoms with Crippen molar-refractivity contribution >= 4 is 44.7 Å². The van der Waals surface area contributed by atoms with E-state index in [1.165, 1.54) is 0 Å². The SMILES string of the molecule is C/C(=C\C=C(/C)S(=O)(=O)C1CCN(C(=O)[C@H](C)N)CC1)Nc1ncc(/C=C/c2cccc3[nH]ccc23)cn1. The number of anilines is 1. The average Bonchev–Trinajstić information content (AvgIpc) is 3.40. The number of nitrogens with one attached hydrogen (secondary N) is 2. The lowest BCUT2D eigenvalue weighted by atomic mass is 10.1. The third-order valence-electron chi connectivity index (χ3n) is 6.66. The van der Waals surface area contributed by atoms with E-state index in [1.807, 2.05) is 43.5 Å². The van der Waals surface area contributed by atoms with Crippen molar-refractivity contribution < 1.29 is 13.2 Å². The molecule has 0 radical (unpaired) electrons. The Labute approximate surface area is 223 Å². The first-order valence-corrected chi connectivity index (χ1v) is 14.2. The van der Waals surface area contributed by atoms with Gasteiger partial charge in [0.1, 0.15) is 0 Å². The van der Waals surface area contributed by atoms with E-state index >= 15 is 0 Å². The Morgan fingerprint density at radius 2 is 1.84 bits per heavy atom. The summed E-state index contributed by atoms with van der Waals surface area (Å²) in [7, 11) is -3.47. The third-order valence-corrected chi connectivity index (χ3v) is 9.05. The average molecular weight is 535 g/mol. The zero-order chi connectivity index (χ0) is 27.3. The summed E-state index contributed by atoms with van der Waals surface area (Å²) in [4.78, 5) is 25.9. The molecule has 4 rings (SSSR count). The van der Waals surface area contributed by atoms with Crippen LogP contribution < -0.4 is 11.1 Å². The molecule has 0 saturated carbocycles. The van der Waals surface area contributed by atoms with E-state index in [1.54, 1.807) is 43.3 Å². The summed E-state index contributed by atoms with van der Waals surface area (Å²) in [5, 5.41) is 3.73. The Hall–Kier alpha value is -3.76. The molecule has 3 aromatic rings. The number of H-pyrrole nitrogens is 1. The maximum absolute atomic E-state index is 13.0. The van der Waals surface area contributed by atoms with Crippen molar-refractivity contribution in [3.63, 3.8) is 0 Å². The van der Waals surface area contributed by atoms with Crippen LogP contribution in [-0.4, -0.2) is 58.6 Å². The number of rotatable bonds is 8. The molecular weight excluding hydrogens is 500 g/mol. The fourth-order valence-corrected chi connectivity index (χ4v) is 6.04. The largest absolute Gasteiger partial charge is 0.361 e. The van der Waals surface area contributed by atoms with Gasteiger partial charge in [0.25, 0.3) is 0 Å². The number of benzene rings is 1. The van der Waals surface area contributed by atoms with Gasteiger partial charge < -0.3 is 20.9 Å². The molecule has 0 bridgehead atoms. The Kier molecular flexibility index (Phi) is 8.43. The van der Waals surface area contributed by atoms with Gasteiger partial charge in [-0.1, -0.05) is 24.3 Å². The van der Waals surface area contributed by atoms with E-state index in [4.69, 9.17) is 5.73 Å². The highest BCUT2D eigenvalue weighted by molar-refractivity contribution is 7.95. The Bertz CT molecular complexity index is 1480. The molecule has 0 unspecified atom stereocenters. The van der Waals surface area contributed by atoms with Crippen molar-refractivity contribution in [2.24, 2.45) is 5.73 Å². The van der Waals surface area contributed by atoms with Crippen molar-refractivity contribution in [1.82, 2.24) is 19.9 Å². The highest BCUT2D eigenvalue weighted by atomic mass is 32.2. The van der Waals surface area contributed by atoms with E-state index in [2.05, 4.69) is 26.3 Å². The minimum Gasteiger partial charge on any atom is -0.361 e. The molecule has 0 spiro atoms. The molecule has 200 valence electrons. The Balaban J connectivity index is 1.34. The fraction of sp³-hybridized carbons (Fsp3) is 0.321. The van der Waals surface area contributed by atoms with Gasteiger partial charge in [-0.2, -0.15) is 0 Å². The number of allylic oxidation sites excluding steroid dienone is 4. The number of amides is 1. The zero-order valence-electron chi connectivity index (χ0n) is 21.9. The van der Waals surface area contributed by atoms with Crippen molar-refractivity contribution in [2.75, 3.05) is 18.4 Å². The van der Waals surface area contributed by atoms with E-state index in [-0.39, 0.29) is 10.8 Å². The molecule has 1 amide bonds. The lowest BCUT2D eigenvalue weighted by Gasteiger charge is -2.32.